The zero-order chi connectivity index (χ0) is 36.6. The van der Waals surface area contributed by atoms with E-state index in [0.717, 1.165) is 18.4 Å². The van der Waals surface area contributed by atoms with Crippen LogP contribution in [0.5, 0.6) is 23.0 Å². The minimum atomic E-state index is -0.776. The third-order valence-electron chi connectivity index (χ3n) is 8.25. The molecule has 0 fully saturated rings. The number of anilines is 1. The molecule has 0 saturated carbocycles. The Labute approximate surface area is 299 Å². The van der Waals surface area contributed by atoms with Crippen molar-refractivity contribution < 1.29 is 38.1 Å². The molecular formula is C41H46N2O8. The molecule has 0 aliphatic heterocycles. The topological polar surface area (TPSA) is 129 Å². The number of amides is 2. The number of nitrogens with one attached hydrogen (secondary N) is 2. The van der Waals surface area contributed by atoms with E-state index in [9.17, 15) is 19.2 Å². The second-order valence-corrected chi connectivity index (χ2v) is 12.1. The normalized spacial score (nSPS) is 11.2. The zero-order valence-electron chi connectivity index (χ0n) is 29.7. The number of rotatable bonds is 19. The maximum atomic E-state index is 13.0. The van der Waals surface area contributed by atoms with E-state index in [2.05, 4.69) is 17.6 Å². The average molecular weight is 695 g/mol. The lowest BCUT2D eigenvalue weighted by molar-refractivity contribution is -0.119. The fourth-order valence-electron chi connectivity index (χ4n) is 5.30. The Kier molecular flexibility index (Phi) is 14.6. The maximum absolute atomic E-state index is 13.0. The Morgan fingerprint density at radius 1 is 0.706 bits per heavy atom. The van der Waals surface area contributed by atoms with Gasteiger partial charge in [-0.25, -0.2) is 4.79 Å². The highest BCUT2D eigenvalue weighted by molar-refractivity contribution is 5.98. The van der Waals surface area contributed by atoms with Crippen LogP contribution < -0.4 is 29.6 Å². The van der Waals surface area contributed by atoms with Crippen LogP contribution in [-0.2, 0) is 22.4 Å². The molecule has 0 saturated heterocycles. The highest BCUT2D eigenvalue weighted by Gasteiger charge is 2.19. The Morgan fingerprint density at radius 3 is 2.00 bits per heavy atom. The SMILES string of the molecule is CCCCCCCOc1ccc(C(=O)Oc2ccc(C[C@H](NC(=O)c3ccc(NC(=O)Cc4ccc(OC)cc4OC)cc3)C(C)=O)cc2)cc1. The standard InChI is InChI=1S/C41H46N2O8/c1-5-6-7-8-9-24-50-34-21-14-31(15-22-34)41(47)51-35-19-10-29(11-20-35)25-37(28(2)44)43-40(46)30-12-17-33(18-13-30)42-39(45)26-32-16-23-36(48-3)27-38(32)49-4/h10-23,27,37H,5-9,24-26H2,1-4H3,(H,42,45)(H,43,46)/t37-/m0/s1. The molecule has 0 aromatic heterocycles. The summed E-state index contributed by atoms with van der Waals surface area (Å²) in [6.07, 6.45) is 6.13. The van der Waals surface area contributed by atoms with Gasteiger partial charge in [0.05, 0.1) is 38.9 Å². The fraction of sp³-hybridized carbons (Fsp3) is 0.317. The lowest BCUT2D eigenvalue weighted by Gasteiger charge is -2.17. The number of carbonyl (C=O) groups excluding carboxylic acids is 4. The van der Waals surface area contributed by atoms with Crippen LogP contribution in [-0.4, -0.2) is 50.4 Å². The van der Waals surface area contributed by atoms with Gasteiger partial charge < -0.3 is 29.6 Å². The van der Waals surface area contributed by atoms with Crippen LogP contribution in [0.25, 0.3) is 0 Å². The first kappa shape index (κ1) is 38.2. The first-order valence-corrected chi connectivity index (χ1v) is 17.1. The molecule has 2 amide bonds. The molecule has 10 heteroatoms. The van der Waals surface area contributed by atoms with Crippen molar-refractivity contribution in [2.75, 3.05) is 26.1 Å². The highest BCUT2D eigenvalue weighted by Crippen LogP contribution is 2.25. The molecule has 10 nitrogen and oxygen atoms in total. The first-order chi connectivity index (χ1) is 24.7. The van der Waals surface area contributed by atoms with Crippen molar-refractivity contribution in [2.24, 2.45) is 0 Å². The van der Waals surface area contributed by atoms with Crippen molar-refractivity contribution in [1.29, 1.82) is 0 Å². The Bertz CT molecular complexity index is 1750. The van der Waals surface area contributed by atoms with Gasteiger partial charge in [0, 0.05) is 22.9 Å². The van der Waals surface area contributed by atoms with Gasteiger partial charge in [-0.1, -0.05) is 50.8 Å². The van der Waals surface area contributed by atoms with Gasteiger partial charge in [0.2, 0.25) is 5.91 Å². The molecule has 4 aromatic carbocycles. The van der Waals surface area contributed by atoms with Crippen molar-refractivity contribution in [2.45, 2.75) is 64.8 Å². The molecule has 51 heavy (non-hydrogen) atoms. The number of esters is 1. The number of benzene rings is 4. The number of ketones is 1. The molecule has 2 N–H and O–H groups in total. The molecule has 1 atom stereocenters. The molecule has 0 radical (unpaired) electrons. The van der Waals surface area contributed by atoms with Gasteiger partial charge >= 0.3 is 5.97 Å². The lowest BCUT2D eigenvalue weighted by atomic mass is 10.0. The number of carbonyl (C=O) groups is 4. The van der Waals surface area contributed by atoms with E-state index in [1.165, 1.54) is 33.3 Å². The van der Waals surface area contributed by atoms with Crippen molar-refractivity contribution in [3.8, 4) is 23.0 Å². The van der Waals surface area contributed by atoms with Crippen molar-refractivity contribution in [3.63, 3.8) is 0 Å². The molecule has 0 heterocycles. The molecule has 4 aromatic rings. The largest absolute Gasteiger partial charge is 0.497 e. The summed E-state index contributed by atoms with van der Waals surface area (Å²) in [6.45, 7) is 4.25. The first-order valence-electron chi connectivity index (χ1n) is 17.1. The monoisotopic (exact) mass is 694 g/mol. The smallest absolute Gasteiger partial charge is 0.343 e. The summed E-state index contributed by atoms with van der Waals surface area (Å²) in [5.74, 6) is 0.854. The molecular weight excluding hydrogens is 648 g/mol. The number of hydrogen-bond donors (Lipinski definition) is 2. The van der Waals surface area contributed by atoms with Crippen molar-refractivity contribution in [3.05, 3.63) is 113 Å². The van der Waals surface area contributed by atoms with Crippen LogP contribution in [0.15, 0.2) is 91.0 Å². The van der Waals surface area contributed by atoms with E-state index >= 15 is 0 Å². The molecule has 0 aliphatic carbocycles. The molecule has 4 rings (SSSR count). The minimum Gasteiger partial charge on any atom is -0.497 e. The Morgan fingerprint density at radius 2 is 1.35 bits per heavy atom. The lowest BCUT2D eigenvalue weighted by Crippen LogP contribution is -2.41. The van der Waals surface area contributed by atoms with E-state index in [1.807, 2.05) is 0 Å². The minimum absolute atomic E-state index is 0.0854. The maximum Gasteiger partial charge on any atom is 0.343 e. The summed E-state index contributed by atoms with van der Waals surface area (Å²) in [5, 5.41) is 5.62. The van der Waals surface area contributed by atoms with Crippen molar-refractivity contribution >= 4 is 29.3 Å². The Hall–Kier alpha value is -5.64. The second kappa shape index (κ2) is 19.5. The number of Topliss-reactive ketones (excluding diaryl/α,β-unsaturated/α-hetero) is 1. The quantitative estimate of drug-likeness (QED) is 0.0591. The van der Waals surface area contributed by atoms with Gasteiger partial charge in [-0.2, -0.15) is 0 Å². The highest BCUT2D eigenvalue weighted by atomic mass is 16.5. The van der Waals surface area contributed by atoms with Gasteiger partial charge in [-0.15, -0.1) is 0 Å². The molecule has 0 unspecified atom stereocenters. The summed E-state index contributed by atoms with van der Waals surface area (Å²) in [4.78, 5) is 50.9. The number of ether oxygens (including phenoxy) is 4. The van der Waals surface area contributed by atoms with Crippen LogP contribution in [0, 0.1) is 0 Å². The number of methoxy groups -OCH3 is 2. The summed E-state index contributed by atoms with van der Waals surface area (Å²) < 4.78 is 21.9. The predicted molar refractivity (Wildman–Crippen MR) is 196 cm³/mol. The Balaban J connectivity index is 1.25. The van der Waals surface area contributed by atoms with E-state index in [0.29, 0.717) is 52.0 Å². The molecule has 0 spiro atoms. The van der Waals surface area contributed by atoms with Crippen LogP contribution in [0.1, 0.15) is 77.8 Å². The number of hydrogen-bond acceptors (Lipinski definition) is 8. The fourth-order valence-corrected chi connectivity index (χ4v) is 5.30. The molecule has 0 bridgehead atoms. The van der Waals surface area contributed by atoms with E-state index in [4.69, 9.17) is 18.9 Å². The predicted octanol–water partition coefficient (Wildman–Crippen LogP) is 7.38. The van der Waals surface area contributed by atoms with Gasteiger partial charge in [0.1, 0.15) is 23.0 Å². The summed E-state index contributed by atoms with van der Waals surface area (Å²) >= 11 is 0. The van der Waals surface area contributed by atoms with Crippen LogP contribution >= 0.6 is 0 Å². The van der Waals surface area contributed by atoms with Gasteiger partial charge in [-0.3, -0.25) is 14.4 Å². The van der Waals surface area contributed by atoms with Crippen LogP contribution in [0.4, 0.5) is 5.69 Å². The van der Waals surface area contributed by atoms with E-state index in [-0.39, 0.29) is 24.5 Å². The zero-order valence-corrected chi connectivity index (χ0v) is 29.7. The van der Waals surface area contributed by atoms with Crippen molar-refractivity contribution in [1.82, 2.24) is 5.32 Å². The third-order valence-corrected chi connectivity index (χ3v) is 8.25. The average Bonchev–Trinajstić information content (AvgIpc) is 3.14. The van der Waals surface area contributed by atoms with Gasteiger partial charge in [0.25, 0.3) is 5.91 Å². The van der Waals surface area contributed by atoms with Crippen LogP contribution in [0.2, 0.25) is 0 Å². The summed E-state index contributed by atoms with van der Waals surface area (Å²) in [5.41, 5.74) is 2.73. The third kappa shape index (κ3) is 12.0. The van der Waals surface area contributed by atoms with Crippen LogP contribution in [0.3, 0.4) is 0 Å². The van der Waals surface area contributed by atoms with E-state index in [1.54, 1.807) is 98.1 Å². The van der Waals surface area contributed by atoms with Gasteiger partial charge in [-0.05, 0) is 92.1 Å². The second-order valence-electron chi connectivity index (χ2n) is 12.1. The van der Waals surface area contributed by atoms with E-state index < -0.39 is 17.9 Å². The molecule has 0 aliphatic rings. The summed E-state index contributed by atoms with van der Waals surface area (Å²) in [7, 11) is 3.08. The number of unbranched alkanes of at least 4 members (excludes halogenated alkanes) is 4. The summed E-state index contributed by atoms with van der Waals surface area (Å²) in [6, 6.07) is 24.6. The van der Waals surface area contributed by atoms with Gasteiger partial charge in [0.15, 0.2) is 5.78 Å². The molecule has 268 valence electrons.